The van der Waals surface area contributed by atoms with E-state index in [0.717, 1.165) is 16.9 Å². The summed E-state index contributed by atoms with van der Waals surface area (Å²) in [5.41, 5.74) is 11.7. The van der Waals surface area contributed by atoms with Crippen molar-refractivity contribution in [3.8, 4) is 0 Å². The lowest BCUT2D eigenvalue weighted by atomic mass is 10.0. The minimum atomic E-state index is -1.22. The average Bonchev–Trinajstić information content (AvgIpc) is 3.65. The third kappa shape index (κ3) is 7.49. The molecule has 0 bridgehead atoms. The highest BCUT2D eigenvalue weighted by Gasteiger charge is 2.50. The molecule has 4 rings (SSSR count). The van der Waals surface area contributed by atoms with E-state index in [1.54, 1.807) is 5.38 Å². The van der Waals surface area contributed by atoms with Crippen LogP contribution in [-0.4, -0.2) is 92.6 Å². The number of hydrogen-bond donors (Lipinski definition) is 4. The number of guanidine groups is 1. The third-order valence-corrected chi connectivity index (χ3v) is 8.30. The molecule has 1 aromatic heterocycles. The summed E-state index contributed by atoms with van der Waals surface area (Å²) in [5.74, 6) is -3.05. The number of carboxylic acid groups (broad SMARTS) is 1. The van der Waals surface area contributed by atoms with Gasteiger partial charge >= 0.3 is 5.97 Å². The number of aryl methyl sites for hydroxylation is 1. The van der Waals surface area contributed by atoms with Crippen LogP contribution >= 0.6 is 11.3 Å². The number of aliphatic carboxylic acids is 1. The fraction of sp³-hybridized carbons (Fsp3) is 0.464. The van der Waals surface area contributed by atoms with Gasteiger partial charge in [0.25, 0.3) is 0 Å². The van der Waals surface area contributed by atoms with E-state index in [2.05, 4.69) is 15.3 Å². The summed E-state index contributed by atoms with van der Waals surface area (Å²) in [7, 11) is 0. The number of Topliss-reactive ketones (excluding diaryl/α,β-unsaturated/α-hetero) is 1. The van der Waals surface area contributed by atoms with Crippen molar-refractivity contribution < 1.29 is 29.1 Å². The molecule has 2 aliphatic heterocycles. The number of nitrogens with one attached hydrogen (secondary N) is 1. The molecule has 1 aromatic carbocycles. The summed E-state index contributed by atoms with van der Waals surface area (Å²) in [6.45, 7) is 0.405. The van der Waals surface area contributed by atoms with Crippen LogP contribution in [0.15, 0.2) is 46.9 Å². The SMILES string of the molecule is NC(N)=NCCCC(NC(=O)C1CC[C@H]2CN(C(=O)CCc3ccccc3)C(CC(=O)O)C(=O)N12)C(=O)c1nccs1. The maximum atomic E-state index is 13.7. The first-order valence-corrected chi connectivity index (χ1v) is 14.7. The van der Waals surface area contributed by atoms with E-state index >= 15 is 0 Å². The van der Waals surface area contributed by atoms with E-state index in [1.165, 1.54) is 16.0 Å². The Morgan fingerprint density at radius 2 is 1.93 bits per heavy atom. The molecule has 2 fully saturated rings. The minimum Gasteiger partial charge on any atom is -0.481 e. The van der Waals surface area contributed by atoms with Crippen LogP contribution in [0.3, 0.4) is 0 Å². The maximum absolute atomic E-state index is 13.7. The number of thiazole rings is 1. The summed E-state index contributed by atoms with van der Waals surface area (Å²) >= 11 is 1.16. The highest BCUT2D eigenvalue weighted by Crippen LogP contribution is 2.32. The van der Waals surface area contributed by atoms with Gasteiger partial charge in [0.05, 0.1) is 18.5 Å². The van der Waals surface area contributed by atoms with Gasteiger partial charge in [-0.15, -0.1) is 11.3 Å². The van der Waals surface area contributed by atoms with Crippen LogP contribution in [0.5, 0.6) is 0 Å². The number of ketones is 1. The molecule has 42 heavy (non-hydrogen) atoms. The summed E-state index contributed by atoms with van der Waals surface area (Å²) < 4.78 is 0. The molecule has 3 amide bonds. The van der Waals surface area contributed by atoms with Crippen molar-refractivity contribution in [3.63, 3.8) is 0 Å². The van der Waals surface area contributed by atoms with Gasteiger partial charge < -0.3 is 31.7 Å². The Labute approximate surface area is 247 Å². The Morgan fingerprint density at radius 3 is 2.60 bits per heavy atom. The highest BCUT2D eigenvalue weighted by atomic mass is 32.1. The first kappa shape index (κ1) is 30.6. The van der Waals surface area contributed by atoms with Gasteiger partial charge in [-0.05, 0) is 37.7 Å². The molecule has 2 saturated heterocycles. The summed E-state index contributed by atoms with van der Waals surface area (Å²) in [6.07, 6.45) is 2.96. The quantitative estimate of drug-likeness (QED) is 0.110. The average molecular weight is 598 g/mol. The zero-order chi connectivity index (χ0) is 30.2. The molecule has 2 aliphatic rings. The first-order chi connectivity index (χ1) is 20.2. The molecule has 2 aromatic rings. The Balaban J connectivity index is 1.47. The van der Waals surface area contributed by atoms with Gasteiger partial charge in [-0.2, -0.15) is 0 Å². The lowest BCUT2D eigenvalue weighted by molar-refractivity contribution is -0.160. The standard InChI is InChI=1S/C28H35N7O6S/c29-28(30)32-12-4-7-19(24(39)26-31-13-14-42-26)33-25(40)20-10-9-18-16-34(21(15-23(37)38)27(41)35(18)20)22(36)11-8-17-5-2-1-3-6-17/h1-3,5-6,13-14,18-21H,4,7-12,15-16H2,(H,33,40)(H,37,38)(H4,29,30,32)/t18-,19?,20?,21?/m0/s1. The molecular formula is C28H35N7O6S. The van der Waals surface area contributed by atoms with Crippen molar-refractivity contribution in [2.75, 3.05) is 13.1 Å². The van der Waals surface area contributed by atoms with E-state index < -0.39 is 48.4 Å². The van der Waals surface area contributed by atoms with E-state index in [4.69, 9.17) is 11.5 Å². The van der Waals surface area contributed by atoms with Gasteiger partial charge in [0.15, 0.2) is 11.0 Å². The van der Waals surface area contributed by atoms with Crippen LogP contribution in [0.2, 0.25) is 0 Å². The van der Waals surface area contributed by atoms with Gasteiger partial charge in [0.1, 0.15) is 12.1 Å². The molecule has 3 heterocycles. The van der Waals surface area contributed by atoms with E-state index in [9.17, 15) is 29.1 Å². The minimum absolute atomic E-state index is 0.0778. The van der Waals surface area contributed by atoms with Crippen LogP contribution < -0.4 is 16.8 Å². The number of fused-ring (bicyclic) bond motifs is 1. The second-order valence-electron chi connectivity index (χ2n) is 10.3. The van der Waals surface area contributed by atoms with Crippen molar-refractivity contribution in [1.29, 1.82) is 0 Å². The molecule has 6 N–H and O–H groups in total. The van der Waals surface area contributed by atoms with Gasteiger partial charge in [-0.3, -0.25) is 29.0 Å². The molecule has 3 unspecified atom stereocenters. The number of nitrogens with zero attached hydrogens (tertiary/aromatic N) is 4. The molecule has 14 heteroatoms. The van der Waals surface area contributed by atoms with E-state index in [0.29, 0.717) is 25.7 Å². The molecule has 0 radical (unpaired) electrons. The van der Waals surface area contributed by atoms with Crippen LogP contribution in [-0.2, 0) is 25.6 Å². The molecule has 0 aliphatic carbocycles. The second-order valence-corrected chi connectivity index (χ2v) is 11.2. The number of piperazine rings is 1. The molecule has 0 spiro atoms. The Bertz CT molecular complexity index is 1320. The normalized spacial score (nSPS) is 20.5. The number of hydrogen-bond acceptors (Lipinski definition) is 8. The Kier molecular flexibility index (Phi) is 10.2. The summed E-state index contributed by atoms with van der Waals surface area (Å²) in [4.78, 5) is 76.1. The van der Waals surface area contributed by atoms with Crippen molar-refractivity contribution in [2.24, 2.45) is 16.5 Å². The van der Waals surface area contributed by atoms with E-state index in [-0.39, 0.29) is 48.6 Å². The van der Waals surface area contributed by atoms with Crippen LogP contribution in [0.25, 0.3) is 0 Å². The molecule has 4 atom stereocenters. The first-order valence-electron chi connectivity index (χ1n) is 13.8. The number of rotatable bonds is 13. The second kappa shape index (κ2) is 14.0. The van der Waals surface area contributed by atoms with Crippen LogP contribution in [0.1, 0.15) is 53.9 Å². The number of aromatic nitrogens is 1. The molecule has 0 saturated carbocycles. The smallest absolute Gasteiger partial charge is 0.305 e. The number of carbonyl (C=O) groups is 5. The zero-order valence-corrected chi connectivity index (χ0v) is 23.9. The van der Waals surface area contributed by atoms with E-state index in [1.807, 2.05) is 30.3 Å². The number of aliphatic imine (C=N–C) groups is 1. The number of nitrogens with two attached hydrogens (primary N) is 2. The van der Waals surface area contributed by atoms with Gasteiger partial charge in [-0.1, -0.05) is 30.3 Å². The largest absolute Gasteiger partial charge is 0.481 e. The zero-order valence-electron chi connectivity index (χ0n) is 23.1. The summed E-state index contributed by atoms with van der Waals surface area (Å²) in [6, 6.07) is 5.96. The van der Waals surface area contributed by atoms with Gasteiger partial charge in [0, 0.05) is 31.1 Å². The van der Waals surface area contributed by atoms with Crippen LogP contribution in [0.4, 0.5) is 0 Å². The van der Waals surface area contributed by atoms with Crippen LogP contribution in [0, 0.1) is 0 Å². The topological polar surface area (TPSA) is 201 Å². The monoisotopic (exact) mass is 597 g/mol. The highest BCUT2D eigenvalue weighted by molar-refractivity contribution is 7.11. The predicted octanol–water partition coefficient (Wildman–Crippen LogP) is 0.542. The number of carbonyl (C=O) groups excluding carboxylic acids is 4. The van der Waals surface area contributed by atoms with Gasteiger partial charge in [0.2, 0.25) is 23.5 Å². The number of amides is 3. The Hall–Kier alpha value is -4.33. The lowest BCUT2D eigenvalue weighted by Crippen LogP contribution is -2.65. The van der Waals surface area contributed by atoms with Crippen molar-refractivity contribution in [3.05, 3.63) is 52.5 Å². The fourth-order valence-corrected chi connectivity index (χ4v) is 6.16. The molecule has 224 valence electrons. The number of carboxylic acids is 1. The van der Waals surface area contributed by atoms with Crippen molar-refractivity contribution in [1.82, 2.24) is 20.1 Å². The van der Waals surface area contributed by atoms with Gasteiger partial charge in [-0.25, -0.2) is 4.98 Å². The third-order valence-electron chi connectivity index (χ3n) is 7.51. The van der Waals surface area contributed by atoms with Crippen molar-refractivity contribution in [2.45, 2.75) is 69.1 Å². The molecule has 13 nitrogen and oxygen atoms in total. The Morgan fingerprint density at radius 1 is 1.17 bits per heavy atom. The molecular weight excluding hydrogens is 562 g/mol. The van der Waals surface area contributed by atoms with Crippen molar-refractivity contribution >= 4 is 46.8 Å². The maximum Gasteiger partial charge on any atom is 0.305 e. The fourth-order valence-electron chi connectivity index (χ4n) is 5.53. The predicted molar refractivity (Wildman–Crippen MR) is 154 cm³/mol. The number of benzene rings is 1. The lowest BCUT2D eigenvalue weighted by Gasteiger charge is -2.44. The summed E-state index contributed by atoms with van der Waals surface area (Å²) in [5, 5.41) is 14.3.